The molecule has 2 atom stereocenters. The number of hydrogen-bond acceptors (Lipinski definition) is 3. The first kappa shape index (κ1) is 23.3. The summed E-state index contributed by atoms with van der Waals surface area (Å²) in [5.74, 6) is 0.195. The molecule has 1 aliphatic heterocycles. The van der Waals surface area contributed by atoms with Crippen molar-refractivity contribution in [3.05, 3.63) is 108 Å². The largest absolute Gasteiger partial charge is 0.361 e. The standard InChI is InChI=1S/C30H34N4O/c1-33(22-23-10-4-2-5-11-23)18-16-29(24-12-6-3-7-13-24)34-19-17-31-28(30(34)35)20-25-21-32-27-15-9-8-14-26(25)27/h2-15,21,28-29,31-32H,16-20,22H2,1H3/t28?,29-/m0/s1. The van der Waals surface area contributed by atoms with E-state index < -0.39 is 0 Å². The van der Waals surface area contributed by atoms with Crippen LogP contribution >= 0.6 is 0 Å². The Kier molecular flexibility index (Phi) is 7.26. The van der Waals surface area contributed by atoms with Gasteiger partial charge in [-0.15, -0.1) is 0 Å². The predicted octanol–water partition coefficient (Wildman–Crippen LogP) is 4.77. The van der Waals surface area contributed by atoms with Crippen LogP contribution in [0.1, 0.15) is 29.2 Å². The number of aromatic nitrogens is 1. The van der Waals surface area contributed by atoms with Crippen molar-refractivity contribution in [2.75, 3.05) is 26.7 Å². The molecular weight excluding hydrogens is 432 g/mol. The molecule has 2 N–H and O–H groups in total. The summed E-state index contributed by atoms with van der Waals surface area (Å²) in [6.45, 7) is 3.35. The number of carbonyl (C=O) groups excluding carboxylic acids is 1. The van der Waals surface area contributed by atoms with Crippen molar-refractivity contribution in [1.29, 1.82) is 0 Å². The predicted molar refractivity (Wildman–Crippen MR) is 142 cm³/mol. The third-order valence-electron chi connectivity index (χ3n) is 7.06. The number of fused-ring (bicyclic) bond motifs is 1. The van der Waals surface area contributed by atoms with Crippen molar-refractivity contribution in [1.82, 2.24) is 20.1 Å². The topological polar surface area (TPSA) is 51.4 Å². The van der Waals surface area contributed by atoms with Crippen LogP contribution in [0.5, 0.6) is 0 Å². The zero-order valence-corrected chi connectivity index (χ0v) is 20.4. The lowest BCUT2D eigenvalue weighted by molar-refractivity contribution is -0.138. The number of piperazine rings is 1. The maximum absolute atomic E-state index is 13.8. The lowest BCUT2D eigenvalue weighted by Gasteiger charge is -2.39. The van der Waals surface area contributed by atoms with E-state index in [0.29, 0.717) is 6.42 Å². The Morgan fingerprint density at radius 2 is 1.69 bits per heavy atom. The number of nitrogens with one attached hydrogen (secondary N) is 2. The van der Waals surface area contributed by atoms with Crippen LogP contribution < -0.4 is 5.32 Å². The summed E-state index contributed by atoms with van der Waals surface area (Å²) in [6.07, 6.45) is 3.64. The van der Waals surface area contributed by atoms with Crippen molar-refractivity contribution >= 4 is 16.8 Å². The van der Waals surface area contributed by atoms with Gasteiger partial charge in [0.1, 0.15) is 0 Å². The van der Waals surface area contributed by atoms with Gasteiger partial charge in [0, 0.05) is 43.3 Å². The molecule has 1 fully saturated rings. The number of aromatic amines is 1. The van der Waals surface area contributed by atoms with Gasteiger partial charge in [-0.2, -0.15) is 0 Å². The fourth-order valence-corrected chi connectivity index (χ4v) is 5.24. The monoisotopic (exact) mass is 466 g/mol. The number of nitrogens with zero attached hydrogens (tertiary/aromatic N) is 2. The lowest BCUT2D eigenvalue weighted by atomic mass is 9.97. The van der Waals surface area contributed by atoms with E-state index in [4.69, 9.17) is 0 Å². The van der Waals surface area contributed by atoms with Crippen LogP contribution in [0.3, 0.4) is 0 Å². The third kappa shape index (κ3) is 5.47. The summed E-state index contributed by atoms with van der Waals surface area (Å²) in [5.41, 5.74) is 4.82. The Bertz CT molecular complexity index is 1240. The minimum Gasteiger partial charge on any atom is -0.361 e. The molecule has 2 heterocycles. The Hall–Kier alpha value is -3.41. The van der Waals surface area contributed by atoms with Gasteiger partial charge in [-0.05, 0) is 42.6 Å². The molecule has 0 bridgehead atoms. The highest BCUT2D eigenvalue weighted by Gasteiger charge is 2.34. The van der Waals surface area contributed by atoms with Crippen molar-refractivity contribution < 1.29 is 4.79 Å². The Labute approximate surface area is 207 Å². The maximum Gasteiger partial charge on any atom is 0.240 e. The molecule has 5 nitrogen and oxygen atoms in total. The molecule has 1 unspecified atom stereocenters. The zero-order chi connectivity index (χ0) is 24.0. The van der Waals surface area contributed by atoms with Gasteiger partial charge < -0.3 is 20.1 Å². The second-order valence-corrected chi connectivity index (χ2v) is 9.54. The van der Waals surface area contributed by atoms with Gasteiger partial charge in [0.25, 0.3) is 0 Å². The summed E-state index contributed by atoms with van der Waals surface area (Å²) in [7, 11) is 2.16. The van der Waals surface area contributed by atoms with Gasteiger partial charge in [0.05, 0.1) is 12.1 Å². The molecular formula is C30H34N4O. The van der Waals surface area contributed by atoms with Crippen molar-refractivity contribution in [3.8, 4) is 0 Å². The zero-order valence-electron chi connectivity index (χ0n) is 20.4. The summed E-state index contributed by atoms with van der Waals surface area (Å²) >= 11 is 0. The van der Waals surface area contributed by atoms with E-state index in [2.05, 4.69) is 99.9 Å². The second kappa shape index (κ2) is 10.9. The minimum absolute atomic E-state index is 0.0643. The molecule has 5 rings (SSSR count). The van der Waals surface area contributed by atoms with Gasteiger partial charge >= 0.3 is 0 Å². The van der Waals surface area contributed by atoms with Gasteiger partial charge in [-0.1, -0.05) is 78.9 Å². The number of rotatable bonds is 9. The molecule has 1 aliphatic rings. The van der Waals surface area contributed by atoms with Crippen molar-refractivity contribution in [2.45, 2.75) is 31.5 Å². The molecule has 5 heteroatoms. The average Bonchev–Trinajstić information content (AvgIpc) is 3.30. The van der Waals surface area contributed by atoms with Gasteiger partial charge in [0.2, 0.25) is 5.91 Å². The van der Waals surface area contributed by atoms with Gasteiger partial charge in [-0.3, -0.25) is 4.79 Å². The van der Waals surface area contributed by atoms with Crippen LogP contribution in [0, 0.1) is 0 Å². The van der Waals surface area contributed by atoms with Crippen LogP contribution in [0.2, 0.25) is 0 Å². The first-order valence-electron chi connectivity index (χ1n) is 12.6. The quantitative estimate of drug-likeness (QED) is 0.373. The number of benzene rings is 3. The van der Waals surface area contributed by atoms with E-state index >= 15 is 0 Å². The number of amides is 1. The maximum atomic E-state index is 13.8. The van der Waals surface area contributed by atoms with E-state index in [1.807, 2.05) is 18.3 Å². The Morgan fingerprint density at radius 1 is 0.971 bits per heavy atom. The molecule has 180 valence electrons. The molecule has 0 radical (unpaired) electrons. The molecule has 0 spiro atoms. The van der Waals surface area contributed by atoms with E-state index in [0.717, 1.165) is 38.1 Å². The summed E-state index contributed by atoms with van der Waals surface area (Å²) < 4.78 is 0. The molecule has 35 heavy (non-hydrogen) atoms. The van der Waals surface area contributed by atoms with E-state index in [-0.39, 0.29) is 18.0 Å². The van der Waals surface area contributed by atoms with E-state index in [1.165, 1.54) is 22.1 Å². The second-order valence-electron chi connectivity index (χ2n) is 9.54. The highest BCUT2D eigenvalue weighted by atomic mass is 16.2. The molecule has 1 saturated heterocycles. The molecule has 0 aliphatic carbocycles. The van der Waals surface area contributed by atoms with Crippen LogP contribution in [0.25, 0.3) is 10.9 Å². The van der Waals surface area contributed by atoms with Gasteiger partial charge in [0.15, 0.2) is 0 Å². The van der Waals surface area contributed by atoms with Gasteiger partial charge in [-0.25, -0.2) is 0 Å². The smallest absolute Gasteiger partial charge is 0.240 e. The highest BCUT2D eigenvalue weighted by molar-refractivity contribution is 5.87. The van der Waals surface area contributed by atoms with Crippen LogP contribution in [0.4, 0.5) is 0 Å². The van der Waals surface area contributed by atoms with Crippen LogP contribution in [-0.2, 0) is 17.8 Å². The molecule has 1 amide bonds. The highest BCUT2D eigenvalue weighted by Crippen LogP contribution is 2.28. The molecule has 1 aromatic heterocycles. The van der Waals surface area contributed by atoms with E-state index in [9.17, 15) is 4.79 Å². The summed E-state index contributed by atoms with van der Waals surface area (Å²) in [6, 6.07) is 29.2. The molecule has 4 aromatic rings. The Morgan fingerprint density at radius 3 is 2.49 bits per heavy atom. The fraction of sp³-hybridized carbons (Fsp3) is 0.300. The lowest BCUT2D eigenvalue weighted by Crippen LogP contribution is -2.56. The third-order valence-corrected chi connectivity index (χ3v) is 7.06. The first-order valence-corrected chi connectivity index (χ1v) is 12.6. The number of para-hydroxylation sites is 1. The van der Waals surface area contributed by atoms with Crippen molar-refractivity contribution in [3.63, 3.8) is 0 Å². The summed E-state index contributed by atoms with van der Waals surface area (Å²) in [4.78, 5) is 21.6. The van der Waals surface area contributed by atoms with E-state index in [1.54, 1.807) is 0 Å². The normalized spacial score (nSPS) is 17.3. The number of H-pyrrole nitrogens is 1. The number of hydrogen-bond donors (Lipinski definition) is 2. The SMILES string of the molecule is CN(CC[C@@H](c1ccccc1)N1CCNC(Cc2c[nH]c3ccccc23)C1=O)Cc1ccccc1. The molecule has 0 saturated carbocycles. The number of carbonyl (C=O) groups is 1. The average molecular weight is 467 g/mol. The van der Waals surface area contributed by atoms with Crippen LogP contribution in [-0.4, -0.2) is 53.4 Å². The summed E-state index contributed by atoms with van der Waals surface area (Å²) in [5, 5.41) is 4.69. The fourth-order valence-electron chi connectivity index (χ4n) is 5.24. The minimum atomic E-state index is -0.212. The van der Waals surface area contributed by atoms with Crippen LogP contribution in [0.15, 0.2) is 91.1 Å². The molecule has 3 aromatic carbocycles. The van der Waals surface area contributed by atoms with Crippen molar-refractivity contribution in [2.24, 2.45) is 0 Å². The first-order chi connectivity index (χ1) is 17.2. The Balaban J connectivity index is 1.31.